The fraction of sp³-hybridized carbons (Fsp3) is 0.150. The Morgan fingerprint density at radius 3 is 2.57 bits per heavy atom. The molecule has 8 heteroatoms. The number of thiazole rings is 2. The summed E-state index contributed by atoms with van der Waals surface area (Å²) >= 11 is 2.68. The van der Waals surface area contributed by atoms with Gasteiger partial charge in [-0.3, -0.25) is 10.1 Å². The maximum atomic E-state index is 12.7. The van der Waals surface area contributed by atoms with Gasteiger partial charge in [0.15, 0.2) is 16.0 Å². The van der Waals surface area contributed by atoms with Crippen LogP contribution in [0.25, 0.3) is 22.1 Å². The van der Waals surface area contributed by atoms with Crippen molar-refractivity contribution in [1.82, 2.24) is 19.9 Å². The lowest BCUT2D eigenvalue weighted by Gasteiger charge is -2.02. The molecule has 3 heterocycles. The van der Waals surface area contributed by atoms with Crippen LogP contribution >= 0.6 is 22.7 Å². The molecule has 1 aromatic carbocycles. The summed E-state index contributed by atoms with van der Waals surface area (Å²) in [5.41, 5.74) is 4.99. The van der Waals surface area contributed by atoms with Gasteiger partial charge >= 0.3 is 0 Å². The molecule has 1 amide bonds. The molecule has 0 bridgehead atoms. The summed E-state index contributed by atoms with van der Waals surface area (Å²) in [4.78, 5) is 30.6. The third kappa shape index (κ3) is 3.69. The normalized spacial score (nSPS) is 10.8. The summed E-state index contributed by atoms with van der Waals surface area (Å²) in [7, 11) is 0. The number of anilines is 1. The van der Waals surface area contributed by atoms with E-state index < -0.39 is 0 Å². The van der Waals surface area contributed by atoms with Gasteiger partial charge in [0.25, 0.3) is 5.91 Å². The molecule has 0 saturated carbocycles. The largest absolute Gasteiger partial charge is 0.297 e. The first-order valence-electron chi connectivity index (χ1n) is 8.60. The maximum Gasteiger partial charge on any atom is 0.269 e. The second-order valence-electron chi connectivity index (χ2n) is 6.30. The number of rotatable bonds is 4. The van der Waals surface area contributed by atoms with E-state index in [1.165, 1.54) is 33.8 Å². The molecule has 0 aliphatic carbocycles. The molecule has 4 rings (SSSR count). The zero-order valence-electron chi connectivity index (χ0n) is 15.6. The van der Waals surface area contributed by atoms with Crippen molar-refractivity contribution in [2.24, 2.45) is 0 Å². The molecule has 4 aromatic rings. The van der Waals surface area contributed by atoms with E-state index in [-0.39, 0.29) is 5.91 Å². The predicted molar refractivity (Wildman–Crippen MR) is 113 cm³/mol. The number of carbonyl (C=O) groups is 1. The first kappa shape index (κ1) is 18.4. The van der Waals surface area contributed by atoms with Gasteiger partial charge in [0.1, 0.15) is 4.88 Å². The minimum atomic E-state index is -0.224. The quantitative estimate of drug-likeness (QED) is 0.520. The number of hydrogen-bond acceptors (Lipinski definition) is 7. The Balaban J connectivity index is 1.54. The summed E-state index contributed by atoms with van der Waals surface area (Å²) in [5, 5.41) is 6.01. The van der Waals surface area contributed by atoms with Crippen LogP contribution in [0.4, 0.5) is 5.13 Å². The Morgan fingerprint density at radius 2 is 1.82 bits per heavy atom. The lowest BCUT2D eigenvalue weighted by Crippen LogP contribution is -2.11. The molecule has 0 aliphatic heterocycles. The minimum absolute atomic E-state index is 0.224. The number of amides is 1. The van der Waals surface area contributed by atoms with Crippen LogP contribution in [0, 0.1) is 20.8 Å². The molecule has 0 atom stereocenters. The van der Waals surface area contributed by atoms with Crippen molar-refractivity contribution in [3.05, 3.63) is 63.7 Å². The number of aryl methyl sites for hydroxylation is 3. The fourth-order valence-corrected chi connectivity index (χ4v) is 4.26. The second kappa shape index (κ2) is 7.57. The van der Waals surface area contributed by atoms with Crippen molar-refractivity contribution in [2.75, 3.05) is 5.32 Å². The van der Waals surface area contributed by atoms with Crippen molar-refractivity contribution >= 4 is 33.7 Å². The highest BCUT2D eigenvalue weighted by Gasteiger charge is 2.18. The van der Waals surface area contributed by atoms with E-state index >= 15 is 0 Å². The summed E-state index contributed by atoms with van der Waals surface area (Å²) in [6.07, 6.45) is 3.31. The van der Waals surface area contributed by atoms with Gasteiger partial charge < -0.3 is 0 Å². The number of carbonyl (C=O) groups excluding carboxylic acids is 1. The summed E-state index contributed by atoms with van der Waals surface area (Å²) in [6.45, 7) is 5.96. The molecular formula is C20H17N5OS2. The van der Waals surface area contributed by atoms with E-state index in [1.807, 2.05) is 11.4 Å². The molecule has 3 aromatic heterocycles. The molecule has 28 heavy (non-hydrogen) atoms. The standard InChI is InChI=1S/C20H17N5OS2/c1-11-5-6-14(9-12(11)2)15-10-27-20(24-15)25-18(26)16-13(3)23-19(28-16)17-21-7-4-8-22-17/h4-10H,1-3H3,(H,24,25,26). The van der Waals surface area contributed by atoms with Crippen LogP contribution in [0.3, 0.4) is 0 Å². The number of nitrogens with zero attached hydrogens (tertiary/aromatic N) is 4. The zero-order valence-corrected chi connectivity index (χ0v) is 17.2. The maximum absolute atomic E-state index is 12.7. The highest BCUT2D eigenvalue weighted by Crippen LogP contribution is 2.29. The Labute approximate surface area is 170 Å². The van der Waals surface area contributed by atoms with Gasteiger partial charge in [-0.05, 0) is 44.0 Å². The molecule has 0 aliphatic rings. The average molecular weight is 408 g/mol. The van der Waals surface area contributed by atoms with Crippen molar-refractivity contribution in [1.29, 1.82) is 0 Å². The van der Waals surface area contributed by atoms with Crippen LogP contribution in [0.15, 0.2) is 42.0 Å². The number of benzene rings is 1. The highest BCUT2D eigenvalue weighted by molar-refractivity contribution is 7.17. The van der Waals surface area contributed by atoms with E-state index in [1.54, 1.807) is 25.4 Å². The van der Waals surface area contributed by atoms with Gasteiger partial charge in [0, 0.05) is 23.3 Å². The van der Waals surface area contributed by atoms with Crippen LogP contribution < -0.4 is 5.32 Å². The second-order valence-corrected chi connectivity index (χ2v) is 8.15. The van der Waals surface area contributed by atoms with Gasteiger partial charge in [0.05, 0.1) is 11.4 Å². The van der Waals surface area contributed by atoms with Crippen molar-refractivity contribution in [3.63, 3.8) is 0 Å². The van der Waals surface area contributed by atoms with Gasteiger partial charge in [-0.2, -0.15) is 0 Å². The highest BCUT2D eigenvalue weighted by atomic mass is 32.1. The monoisotopic (exact) mass is 407 g/mol. The smallest absolute Gasteiger partial charge is 0.269 e. The molecule has 1 N–H and O–H groups in total. The third-order valence-corrected chi connectivity index (χ3v) is 6.20. The van der Waals surface area contributed by atoms with E-state index in [2.05, 4.69) is 51.2 Å². The van der Waals surface area contributed by atoms with E-state index in [0.29, 0.717) is 26.5 Å². The lowest BCUT2D eigenvalue weighted by molar-refractivity contribution is 0.103. The Kier molecular flexibility index (Phi) is 4.97. The number of aromatic nitrogens is 4. The topological polar surface area (TPSA) is 80.7 Å². The van der Waals surface area contributed by atoms with Crippen molar-refractivity contribution in [2.45, 2.75) is 20.8 Å². The van der Waals surface area contributed by atoms with Gasteiger partial charge in [0.2, 0.25) is 0 Å². The van der Waals surface area contributed by atoms with E-state index in [4.69, 9.17) is 0 Å². The first-order valence-corrected chi connectivity index (χ1v) is 10.3. The fourth-order valence-electron chi connectivity index (χ4n) is 2.63. The molecule has 0 spiro atoms. The molecule has 6 nitrogen and oxygen atoms in total. The first-order chi connectivity index (χ1) is 13.5. The van der Waals surface area contributed by atoms with Crippen LogP contribution in [-0.2, 0) is 0 Å². The van der Waals surface area contributed by atoms with Gasteiger partial charge in [-0.15, -0.1) is 22.7 Å². The number of nitrogens with one attached hydrogen (secondary N) is 1. The average Bonchev–Trinajstić information content (AvgIpc) is 3.31. The van der Waals surface area contributed by atoms with E-state index in [0.717, 1.165) is 11.3 Å². The Bertz CT molecular complexity index is 1150. The molecule has 0 fully saturated rings. The molecule has 0 radical (unpaired) electrons. The Morgan fingerprint density at radius 1 is 1.04 bits per heavy atom. The predicted octanol–water partition coefficient (Wildman–Crippen LogP) is 4.90. The Hall–Kier alpha value is -2.97. The lowest BCUT2D eigenvalue weighted by atomic mass is 10.1. The summed E-state index contributed by atoms with van der Waals surface area (Å²) < 4.78 is 0. The van der Waals surface area contributed by atoms with Crippen LogP contribution in [0.5, 0.6) is 0 Å². The summed E-state index contributed by atoms with van der Waals surface area (Å²) in [5.74, 6) is 0.291. The zero-order chi connectivity index (χ0) is 19.7. The van der Waals surface area contributed by atoms with Gasteiger partial charge in [-0.1, -0.05) is 12.1 Å². The van der Waals surface area contributed by atoms with Crippen LogP contribution in [-0.4, -0.2) is 25.8 Å². The van der Waals surface area contributed by atoms with E-state index in [9.17, 15) is 4.79 Å². The molecule has 140 valence electrons. The third-order valence-electron chi connectivity index (χ3n) is 4.29. The summed E-state index contributed by atoms with van der Waals surface area (Å²) in [6, 6.07) is 7.97. The number of hydrogen-bond donors (Lipinski definition) is 1. The van der Waals surface area contributed by atoms with Crippen LogP contribution in [0.2, 0.25) is 0 Å². The van der Waals surface area contributed by atoms with Gasteiger partial charge in [-0.25, -0.2) is 19.9 Å². The SMILES string of the molecule is Cc1ccc(-c2csc(NC(=O)c3sc(-c4ncccn4)nc3C)n2)cc1C. The van der Waals surface area contributed by atoms with Crippen molar-refractivity contribution < 1.29 is 4.79 Å². The minimum Gasteiger partial charge on any atom is -0.297 e. The molecule has 0 unspecified atom stereocenters. The molecule has 0 saturated heterocycles. The molecular weight excluding hydrogens is 390 g/mol. The van der Waals surface area contributed by atoms with Crippen molar-refractivity contribution in [3.8, 4) is 22.1 Å². The van der Waals surface area contributed by atoms with Crippen LogP contribution in [0.1, 0.15) is 26.5 Å².